The molecule has 2 aromatic rings. The summed E-state index contributed by atoms with van der Waals surface area (Å²) in [4.78, 5) is 0. The molecule has 0 amide bonds. The maximum Gasteiger partial charge on any atom is 0.123 e. The molecule has 2 aromatic carbocycles. The second-order valence-corrected chi connectivity index (χ2v) is 8.73. The molecule has 27 heavy (non-hydrogen) atoms. The fourth-order valence-corrected chi connectivity index (χ4v) is 5.08. The quantitative estimate of drug-likeness (QED) is 0.439. The first kappa shape index (κ1) is 20.7. The second-order valence-electron chi connectivity index (χ2n) is 6.68. The van der Waals surface area contributed by atoms with Crippen LogP contribution >= 0.6 is 35.0 Å². The van der Waals surface area contributed by atoms with Gasteiger partial charge in [0.25, 0.3) is 0 Å². The number of halogens is 3. The zero-order valence-electron chi connectivity index (χ0n) is 15.3. The summed E-state index contributed by atoms with van der Waals surface area (Å²) in [5.74, 6) is 0.756. The summed E-state index contributed by atoms with van der Waals surface area (Å²) in [6, 6.07) is 10.3. The van der Waals surface area contributed by atoms with E-state index >= 15 is 0 Å². The first-order chi connectivity index (χ1) is 13.1. The van der Waals surface area contributed by atoms with E-state index < -0.39 is 0 Å². The van der Waals surface area contributed by atoms with Crippen LogP contribution in [0.5, 0.6) is 0 Å². The highest BCUT2D eigenvalue weighted by atomic mass is 35.5. The zero-order chi connectivity index (χ0) is 19.2. The van der Waals surface area contributed by atoms with E-state index in [-0.39, 0.29) is 5.82 Å². The Kier molecular flexibility index (Phi) is 7.66. The molecule has 1 nitrogen and oxygen atoms in total. The van der Waals surface area contributed by atoms with Crippen molar-refractivity contribution in [1.29, 1.82) is 0 Å². The smallest absolute Gasteiger partial charge is 0.123 e. The van der Waals surface area contributed by atoms with Gasteiger partial charge in [0.1, 0.15) is 5.82 Å². The Labute approximate surface area is 174 Å². The van der Waals surface area contributed by atoms with Gasteiger partial charge in [0, 0.05) is 33.2 Å². The molecule has 1 aliphatic heterocycles. The summed E-state index contributed by atoms with van der Waals surface area (Å²) in [7, 11) is 0. The van der Waals surface area contributed by atoms with Crippen LogP contribution in [0.3, 0.4) is 0 Å². The highest BCUT2D eigenvalue weighted by Crippen LogP contribution is 2.42. The predicted octanol–water partition coefficient (Wildman–Crippen LogP) is 7.67. The van der Waals surface area contributed by atoms with Crippen LogP contribution in [0.4, 0.5) is 4.39 Å². The molecule has 1 heterocycles. The van der Waals surface area contributed by atoms with Crippen molar-refractivity contribution < 1.29 is 9.13 Å². The third-order valence-corrected chi connectivity index (χ3v) is 6.68. The summed E-state index contributed by atoms with van der Waals surface area (Å²) in [5, 5.41) is 1.68. The van der Waals surface area contributed by atoms with Gasteiger partial charge in [-0.05, 0) is 54.7 Å². The first-order valence-electron chi connectivity index (χ1n) is 9.22. The molecule has 0 spiro atoms. The maximum atomic E-state index is 13.0. The van der Waals surface area contributed by atoms with E-state index in [1.54, 1.807) is 12.1 Å². The van der Waals surface area contributed by atoms with Crippen molar-refractivity contribution in [3.05, 3.63) is 69.0 Å². The van der Waals surface area contributed by atoms with Gasteiger partial charge in [-0.15, -0.1) is 0 Å². The zero-order valence-corrected chi connectivity index (χ0v) is 17.6. The fraction of sp³-hybridized carbons (Fsp3) is 0.364. The van der Waals surface area contributed by atoms with Gasteiger partial charge in [-0.2, -0.15) is 11.8 Å². The molecule has 0 saturated carbocycles. The molecular formula is C22H23Cl2FOS. The summed E-state index contributed by atoms with van der Waals surface area (Å²) >= 11 is 14.9. The van der Waals surface area contributed by atoms with Gasteiger partial charge < -0.3 is 4.74 Å². The third kappa shape index (κ3) is 5.74. The van der Waals surface area contributed by atoms with Crippen molar-refractivity contribution in [3.8, 4) is 0 Å². The van der Waals surface area contributed by atoms with E-state index in [0.29, 0.717) is 21.4 Å². The van der Waals surface area contributed by atoms with Crippen LogP contribution in [0.1, 0.15) is 48.1 Å². The molecule has 1 fully saturated rings. The summed E-state index contributed by atoms with van der Waals surface area (Å²) in [5.41, 5.74) is 2.85. The van der Waals surface area contributed by atoms with Crippen LogP contribution in [0.25, 0.3) is 12.2 Å². The van der Waals surface area contributed by atoms with Crippen molar-refractivity contribution in [3.63, 3.8) is 0 Å². The van der Waals surface area contributed by atoms with E-state index in [1.165, 1.54) is 17.7 Å². The van der Waals surface area contributed by atoms with Crippen LogP contribution in [0.2, 0.25) is 10.0 Å². The van der Waals surface area contributed by atoms with Gasteiger partial charge in [0.05, 0.1) is 6.10 Å². The SMILES string of the molecule is CCCOC1CCC(c2cc(Cl)c(/C=C/c3ccc(F)cc3)c(Cl)c2)SC1. The second kappa shape index (κ2) is 9.97. The largest absolute Gasteiger partial charge is 0.377 e. The minimum absolute atomic E-state index is 0.250. The summed E-state index contributed by atoms with van der Waals surface area (Å²) < 4.78 is 18.9. The lowest BCUT2D eigenvalue weighted by molar-refractivity contribution is 0.0600. The van der Waals surface area contributed by atoms with E-state index in [1.807, 2.05) is 36.0 Å². The van der Waals surface area contributed by atoms with Crippen molar-refractivity contribution >= 4 is 47.1 Å². The average molecular weight is 425 g/mol. The third-order valence-electron chi connectivity index (χ3n) is 4.58. The molecule has 1 aliphatic rings. The minimum atomic E-state index is -0.250. The topological polar surface area (TPSA) is 9.23 Å². The molecule has 3 rings (SSSR count). The normalized spacial score (nSPS) is 20.3. The van der Waals surface area contributed by atoms with Crippen molar-refractivity contribution in [2.45, 2.75) is 37.5 Å². The molecule has 2 unspecified atom stereocenters. The molecule has 5 heteroatoms. The first-order valence-corrected chi connectivity index (χ1v) is 11.0. The highest BCUT2D eigenvalue weighted by Gasteiger charge is 2.24. The lowest BCUT2D eigenvalue weighted by Crippen LogP contribution is -2.22. The monoisotopic (exact) mass is 424 g/mol. The van der Waals surface area contributed by atoms with E-state index in [2.05, 4.69) is 6.92 Å². The van der Waals surface area contributed by atoms with Crippen LogP contribution in [-0.2, 0) is 4.74 Å². The molecule has 1 saturated heterocycles. The van der Waals surface area contributed by atoms with Crippen molar-refractivity contribution in [2.24, 2.45) is 0 Å². The Morgan fingerprint density at radius 1 is 1.11 bits per heavy atom. The van der Waals surface area contributed by atoms with E-state index in [0.717, 1.165) is 42.7 Å². The molecule has 2 atom stereocenters. The van der Waals surface area contributed by atoms with Crippen molar-refractivity contribution in [2.75, 3.05) is 12.4 Å². The van der Waals surface area contributed by atoms with Gasteiger partial charge in [-0.1, -0.05) is 54.4 Å². The Morgan fingerprint density at radius 2 is 1.81 bits per heavy atom. The minimum Gasteiger partial charge on any atom is -0.377 e. The molecule has 0 aliphatic carbocycles. The van der Waals surface area contributed by atoms with Crippen LogP contribution in [0, 0.1) is 5.82 Å². The molecule has 144 valence electrons. The Balaban J connectivity index is 1.69. The van der Waals surface area contributed by atoms with E-state index in [4.69, 9.17) is 27.9 Å². The number of benzene rings is 2. The number of hydrogen-bond acceptors (Lipinski definition) is 2. The van der Waals surface area contributed by atoms with Gasteiger partial charge in [-0.3, -0.25) is 0 Å². The average Bonchev–Trinajstić information content (AvgIpc) is 2.67. The van der Waals surface area contributed by atoms with Gasteiger partial charge in [0.15, 0.2) is 0 Å². The number of rotatable bonds is 6. The fourth-order valence-electron chi connectivity index (χ4n) is 3.11. The predicted molar refractivity (Wildman–Crippen MR) is 116 cm³/mol. The summed E-state index contributed by atoms with van der Waals surface area (Å²) in [6.07, 6.45) is 7.31. The Bertz CT molecular complexity index is 760. The lowest BCUT2D eigenvalue weighted by atomic mass is 10.0. The Hall–Kier alpha value is -1.000. The number of thioether (sulfide) groups is 1. The van der Waals surface area contributed by atoms with Crippen LogP contribution in [-0.4, -0.2) is 18.5 Å². The molecule has 0 aromatic heterocycles. The number of hydrogen-bond donors (Lipinski definition) is 0. The molecule has 0 N–H and O–H groups in total. The van der Waals surface area contributed by atoms with Gasteiger partial charge >= 0.3 is 0 Å². The van der Waals surface area contributed by atoms with Crippen LogP contribution < -0.4 is 0 Å². The molecule has 0 radical (unpaired) electrons. The standard InChI is InChI=1S/C22H23Cl2FOS/c1-2-11-26-18-8-10-22(27-14-18)16-12-20(23)19(21(24)13-16)9-5-15-3-6-17(25)7-4-15/h3-7,9,12-13,18,22H,2,8,10-11,14H2,1H3/b9-5+. The lowest BCUT2D eigenvalue weighted by Gasteiger charge is -2.28. The summed E-state index contributed by atoms with van der Waals surface area (Å²) in [6.45, 7) is 2.97. The van der Waals surface area contributed by atoms with Gasteiger partial charge in [0.2, 0.25) is 0 Å². The maximum absolute atomic E-state index is 13.0. The van der Waals surface area contributed by atoms with Crippen LogP contribution in [0.15, 0.2) is 36.4 Å². The number of ether oxygens (including phenoxy) is 1. The van der Waals surface area contributed by atoms with Gasteiger partial charge in [-0.25, -0.2) is 4.39 Å². The van der Waals surface area contributed by atoms with E-state index in [9.17, 15) is 4.39 Å². The Morgan fingerprint density at radius 3 is 2.41 bits per heavy atom. The molecular weight excluding hydrogens is 402 g/mol. The van der Waals surface area contributed by atoms with Crippen molar-refractivity contribution in [1.82, 2.24) is 0 Å². The molecule has 0 bridgehead atoms. The highest BCUT2D eigenvalue weighted by molar-refractivity contribution is 7.99.